The number of hydrogen-bond donors (Lipinski definition) is 1. The third kappa shape index (κ3) is 2.47. The maximum absolute atomic E-state index is 12.7. The fourth-order valence-electron chi connectivity index (χ4n) is 1.47. The molecule has 1 aliphatic rings. The lowest BCUT2D eigenvalue weighted by Gasteiger charge is -2.20. The van der Waals surface area contributed by atoms with E-state index in [0.29, 0.717) is 4.47 Å². The van der Waals surface area contributed by atoms with Crippen molar-refractivity contribution in [1.29, 1.82) is 0 Å². The highest BCUT2D eigenvalue weighted by Gasteiger charge is 2.64. The van der Waals surface area contributed by atoms with E-state index in [-0.39, 0.29) is 23.6 Å². The zero-order chi connectivity index (χ0) is 13.6. The van der Waals surface area contributed by atoms with Gasteiger partial charge in [0.05, 0.1) is 5.56 Å². The molecule has 1 amide bonds. The van der Waals surface area contributed by atoms with Crippen LogP contribution in [0.2, 0.25) is 5.15 Å². The van der Waals surface area contributed by atoms with Crippen molar-refractivity contribution in [3.05, 3.63) is 27.5 Å². The van der Waals surface area contributed by atoms with Crippen molar-refractivity contribution in [1.82, 2.24) is 10.3 Å². The van der Waals surface area contributed by atoms with Gasteiger partial charge in [-0.15, -0.1) is 0 Å². The summed E-state index contributed by atoms with van der Waals surface area (Å²) in [6, 6.07) is 1.33. The van der Waals surface area contributed by atoms with E-state index in [4.69, 9.17) is 11.6 Å². The summed E-state index contributed by atoms with van der Waals surface area (Å²) in [5, 5.41) is 1.85. The summed E-state index contributed by atoms with van der Waals surface area (Å²) in [5.41, 5.74) is -2.18. The van der Waals surface area contributed by atoms with Gasteiger partial charge in [0.1, 0.15) is 10.7 Å². The normalized spacial score (nSPS) is 17.4. The molecule has 1 N–H and O–H groups in total. The minimum absolute atomic E-state index is 0.0819. The van der Waals surface area contributed by atoms with Crippen molar-refractivity contribution in [2.24, 2.45) is 0 Å². The second-order valence-corrected chi connectivity index (χ2v) is 5.30. The van der Waals surface area contributed by atoms with E-state index in [2.05, 4.69) is 20.9 Å². The Hall–Kier alpha value is -0.820. The van der Waals surface area contributed by atoms with Crippen molar-refractivity contribution < 1.29 is 18.0 Å². The summed E-state index contributed by atoms with van der Waals surface area (Å²) < 4.78 is 38.5. The van der Waals surface area contributed by atoms with E-state index in [1.165, 1.54) is 12.3 Å². The molecule has 0 aliphatic heterocycles. The van der Waals surface area contributed by atoms with Gasteiger partial charge in [-0.2, -0.15) is 13.2 Å². The molecule has 98 valence electrons. The van der Waals surface area contributed by atoms with Gasteiger partial charge in [-0.05, 0) is 34.8 Å². The molecule has 0 atom stereocenters. The van der Waals surface area contributed by atoms with Crippen LogP contribution in [0, 0.1) is 0 Å². The van der Waals surface area contributed by atoms with Crippen LogP contribution < -0.4 is 5.32 Å². The summed E-state index contributed by atoms with van der Waals surface area (Å²) in [6.07, 6.45) is -3.31. The van der Waals surface area contributed by atoms with Crippen molar-refractivity contribution in [2.75, 3.05) is 0 Å². The van der Waals surface area contributed by atoms with E-state index >= 15 is 0 Å². The summed E-state index contributed by atoms with van der Waals surface area (Å²) >= 11 is 8.76. The number of halogens is 5. The topological polar surface area (TPSA) is 42.0 Å². The molecule has 1 aliphatic carbocycles. The number of amides is 1. The highest BCUT2D eigenvalue weighted by molar-refractivity contribution is 9.10. The molecule has 0 unspecified atom stereocenters. The van der Waals surface area contributed by atoms with Gasteiger partial charge in [0, 0.05) is 10.7 Å². The van der Waals surface area contributed by atoms with Gasteiger partial charge in [0.25, 0.3) is 5.91 Å². The molecule has 0 saturated heterocycles. The van der Waals surface area contributed by atoms with Crippen molar-refractivity contribution in [3.63, 3.8) is 0 Å². The number of rotatable bonds is 2. The van der Waals surface area contributed by atoms with Gasteiger partial charge in [0.2, 0.25) is 0 Å². The highest BCUT2D eigenvalue weighted by Crippen LogP contribution is 2.49. The smallest absolute Gasteiger partial charge is 0.338 e. The Morgan fingerprint density at radius 3 is 2.61 bits per heavy atom. The molecule has 0 radical (unpaired) electrons. The van der Waals surface area contributed by atoms with Crippen LogP contribution in [0.15, 0.2) is 16.7 Å². The van der Waals surface area contributed by atoms with E-state index in [9.17, 15) is 18.0 Å². The Bertz CT molecular complexity index is 502. The van der Waals surface area contributed by atoms with E-state index < -0.39 is 17.6 Å². The van der Waals surface area contributed by atoms with Gasteiger partial charge < -0.3 is 5.32 Å². The van der Waals surface area contributed by atoms with E-state index in [1.807, 2.05) is 5.32 Å². The van der Waals surface area contributed by atoms with Crippen molar-refractivity contribution in [2.45, 2.75) is 24.6 Å². The summed E-state index contributed by atoms with van der Waals surface area (Å²) in [5.74, 6) is -0.872. The van der Waals surface area contributed by atoms with Crippen LogP contribution in [0.3, 0.4) is 0 Å². The second-order valence-electron chi connectivity index (χ2n) is 4.03. The maximum Gasteiger partial charge on any atom is 0.411 e. The van der Waals surface area contributed by atoms with Gasteiger partial charge >= 0.3 is 6.18 Å². The summed E-state index contributed by atoms with van der Waals surface area (Å²) in [7, 11) is 0. The van der Waals surface area contributed by atoms with Crippen molar-refractivity contribution in [3.8, 4) is 0 Å². The molecule has 18 heavy (non-hydrogen) atoms. The predicted molar refractivity (Wildman–Crippen MR) is 62.4 cm³/mol. The lowest BCUT2D eigenvalue weighted by molar-refractivity contribution is -0.163. The fraction of sp³-hybridized carbons (Fsp3) is 0.400. The standard InChI is InChI=1S/C10H7BrClF3N2O/c11-5-3-6(7(12)16-4-5)8(18)17-9(1-2-9)10(13,14)15/h3-4H,1-2H2,(H,17,18). The van der Waals surface area contributed by atoms with Crippen LogP contribution >= 0.6 is 27.5 Å². The Morgan fingerprint density at radius 1 is 1.50 bits per heavy atom. The molecule has 0 spiro atoms. The predicted octanol–water partition coefficient (Wildman–Crippen LogP) is 3.32. The van der Waals surface area contributed by atoms with Crippen molar-refractivity contribution >= 4 is 33.4 Å². The molecule has 1 saturated carbocycles. The number of carbonyl (C=O) groups is 1. The molecule has 0 aromatic carbocycles. The second kappa shape index (κ2) is 4.38. The minimum Gasteiger partial charge on any atom is -0.338 e. The first kappa shape index (κ1) is 13.6. The lowest BCUT2D eigenvalue weighted by atomic mass is 10.2. The van der Waals surface area contributed by atoms with Gasteiger partial charge in [-0.3, -0.25) is 4.79 Å². The number of pyridine rings is 1. The van der Waals surface area contributed by atoms with Crippen LogP contribution in [0.5, 0.6) is 0 Å². The van der Waals surface area contributed by atoms with Gasteiger partial charge in [0.15, 0.2) is 0 Å². The molecule has 8 heteroatoms. The number of aromatic nitrogens is 1. The number of carbonyl (C=O) groups excluding carboxylic acids is 1. The first-order valence-electron chi connectivity index (χ1n) is 4.95. The maximum atomic E-state index is 12.7. The Balaban J connectivity index is 2.21. The third-order valence-corrected chi connectivity index (χ3v) is 3.43. The molecular formula is C10H7BrClF3N2O. The average Bonchev–Trinajstić information content (AvgIpc) is 3.01. The molecule has 1 fully saturated rings. The molecule has 0 bridgehead atoms. The number of nitrogens with one attached hydrogen (secondary N) is 1. The van der Waals surface area contributed by atoms with Crippen LogP contribution in [0.4, 0.5) is 13.2 Å². The zero-order valence-corrected chi connectivity index (χ0v) is 11.2. The Kier molecular flexibility index (Phi) is 3.31. The molecule has 1 aromatic rings. The quantitative estimate of drug-likeness (QED) is 0.837. The Labute approximate surface area is 114 Å². The monoisotopic (exact) mass is 342 g/mol. The molecule has 3 nitrogen and oxygen atoms in total. The highest BCUT2D eigenvalue weighted by atomic mass is 79.9. The molecule has 1 heterocycles. The minimum atomic E-state index is -4.45. The summed E-state index contributed by atoms with van der Waals surface area (Å²) in [4.78, 5) is 15.5. The Morgan fingerprint density at radius 2 is 2.11 bits per heavy atom. The number of alkyl halides is 3. The molecule has 2 rings (SSSR count). The van der Waals surface area contributed by atoms with Crippen LogP contribution in [-0.2, 0) is 0 Å². The first-order valence-corrected chi connectivity index (χ1v) is 6.12. The zero-order valence-electron chi connectivity index (χ0n) is 8.81. The van der Waals surface area contributed by atoms with Gasteiger partial charge in [-0.25, -0.2) is 4.98 Å². The summed E-state index contributed by atoms with van der Waals surface area (Å²) in [6.45, 7) is 0. The number of hydrogen-bond acceptors (Lipinski definition) is 2. The van der Waals surface area contributed by atoms with Crippen LogP contribution in [-0.4, -0.2) is 22.6 Å². The van der Waals surface area contributed by atoms with E-state index in [0.717, 1.165) is 0 Å². The SMILES string of the molecule is O=C(NC1(C(F)(F)F)CC1)c1cc(Br)cnc1Cl. The molecular weight excluding hydrogens is 336 g/mol. The largest absolute Gasteiger partial charge is 0.411 e. The van der Waals surface area contributed by atoms with E-state index in [1.54, 1.807) is 0 Å². The first-order chi connectivity index (χ1) is 8.25. The van der Waals surface area contributed by atoms with Crippen LogP contribution in [0.1, 0.15) is 23.2 Å². The fourth-order valence-corrected chi connectivity index (χ4v) is 1.99. The molecule has 1 aromatic heterocycles. The lowest BCUT2D eigenvalue weighted by Crippen LogP contribution is -2.47. The van der Waals surface area contributed by atoms with Gasteiger partial charge in [-0.1, -0.05) is 11.6 Å². The average molecular weight is 344 g/mol. The van der Waals surface area contributed by atoms with Crippen LogP contribution in [0.25, 0.3) is 0 Å². The third-order valence-electron chi connectivity index (χ3n) is 2.70. The number of nitrogens with zero attached hydrogens (tertiary/aromatic N) is 1.